The molecule has 0 aromatic heterocycles. The monoisotopic (exact) mass is 241 g/mol. The molecule has 1 saturated heterocycles. The van der Waals surface area contributed by atoms with Gasteiger partial charge in [-0.25, -0.2) is 0 Å². The molecule has 1 atom stereocenters. The second-order valence-electron chi connectivity index (χ2n) is 6.20. The Balaban J connectivity index is 2.22. The maximum atomic E-state index is 3.63. The van der Waals surface area contributed by atoms with Gasteiger partial charge in [-0.1, -0.05) is 6.92 Å². The molecular weight excluding hydrogens is 210 g/mol. The Morgan fingerprint density at radius 1 is 1.41 bits per heavy atom. The Morgan fingerprint density at radius 3 is 2.71 bits per heavy atom. The zero-order valence-corrected chi connectivity index (χ0v) is 12.4. The minimum Gasteiger partial charge on any atom is -0.311 e. The molecule has 1 rings (SSSR count). The van der Waals surface area contributed by atoms with E-state index in [1.807, 2.05) is 0 Å². The molecule has 0 aromatic rings. The third-order valence-corrected chi connectivity index (χ3v) is 4.17. The number of likely N-dealkylation sites (N-methyl/N-ethyl adjacent to an activating group) is 2. The van der Waals surface area contributed by atoms with Crippen LogP contribution in [-0.4, -0.2) is 61.7 Å². The summed E-state index contributed by atoms with van der Waals surface area (Å²) in [5.74, 6) is 0. The van der Waals surface area contributed by atoms with Gasteiger partial charge in [-0.3, -0.25) is 0 Å². The van der Waals surface area contributed by atoms with E-state index in [0.29, 0.717) is 0 Å². The Bertz CT molecular complexity index is 216. The van der Waals surface area contributed by atoms with E-state index >= 15 is 0 Å². The number of hydrogen-bond donors (Lipinski definition) is 1. The lowest BCUT2D eigenvalue weighted by molar-refractivity contribution is 0.132. The molecule has 0 amide bonds. The fourth-order valence-corrected chi connectivity index (χ4v) is 2.38. The van der Waals surface area contributed by atoms with Crippen molar-refractivity contribution < 1.29 is 0 Å². The predicted octanol–water partition coefficient (Wildman–Crippen LogP) is 1.79. The maximum absolute atomic E-state index is 3.63. The molecule has 3 nitrogen and oxygen atoms in total. The molecular formula is C14H31N3. The van der Waals surface area contributed by atoms with Crippen molar-refractivity contribution in [2.45, 2.75) is 51.6 Å². The fraction of sp³-hybridized carbons (Fsp3) is 1.00. The Labute approximate surface area is 108 Å². The highest BCUT2D eigenvalue weighted by Crippen LogP contribution is 2.13. The zero-order chi connectivity index (χ0) is 12.9. The SMILES string of the molecule is CCC(C)(C)NCCN(C)C1CCCN(C)C1. The largest absolute Gasteiger partial charge is 0.311 e. The van der Waals surface area contributed by atoms with Gasteiger partial charge in [0, 0.05) is 31.2 Å². The van der Waals surface area contributed by atoms with Crippen LogP contribution in [0.15, 0.2) is 0 Å². The summed E-state index contributed by atoms with van der Waals surface area (Å²) in [5, 5.41) is 3.63. The van der Waals surface area contributed by atoms with Crippen molar-refractivity contribution in [1.29, 1.82) is 0 Å². The second-order valence-corrected chi connectivity index (χ2v) is 6.20. The molecule has 0 saturated carbocycles. The van der Waals surface area contributed by atoms with E-state index in [0.717, 1.165) is 19.1 Å². The average molecular weight is 241 g/mol. The minimum atomic E-state index is 0.282. The first-order valence-corrected chi connectivity index (χ1v) is 7.08. The Morgan fingerprint density at radius 2 is 2.12 bits per heavy atom. The standard InChI is InChI=1S/C14H31N3/c1-6-14(2,3)15-9-11-17(5)13-8-7-10-16(4)12-13/h13,15H,6-12H2,1-5H3. The molecule has 1 N–H and O–H groups in total. The van der Waals surface area contributed by atoms with Gasteiger partial charge in [0.05, 0.1) is 0 Å². The quantitative estimate of drug-likeness (QED) is 0.765. The number of hydrogen-bond acceptors (Lipinski definition) is 3. The lowest BCUT2D eigenvalue weighted by atomic mass is 10.0. The highest BCUT2D eigenvalue weighted by Gasteiger charge is 2.21. The van der Waals surface area contributed by atoms with Crippen molar-refractivity contribution in [3.8, 4) is 0 Å². The third-order valence-electron chi connectivity index (χ3n) is 4.17. The van der Waals surface area contributed by atoms with Crippen LogP contribution in [-0.2, 0) is 0 Å². The molecule has 1 heterocycles. The van der Waals surface area contributed by atoms with Crippen molar-refractivity contribution >= 4 is 0 Å². The molecule has 0 radical (unpaired) electrons. The number of nitrogens with zero attached hydrogens (tertiary/aromatic N) is 2. The van der Waals surface area contributed by atoms with Crippen LogP contribution in [0.2, 0.25) is 0 Å². The van der Waals surface area contributed by atoms with Gasteiger partial charge in [-0.2, -0.15) is 0 Å². The van der Waals surface area contributed by atoms with Gasteiger partial charge in [0.25, 0.3) is 0 Å². The van der Waals surface area contributed by atoms with Gasteiger partial charge in [0.1, 0.15) is 0 Å². The topological polar surface area (TPSA) is 18.5 Å². The van der Waals surface area contributed by atoms with E-state index < -0.39 is 0 Å². The Hall–Kier alpha value is -0.120. The molecule has 0 spiro atoms. The maximum Gasteiger partial charge on any atom is 0.0221 e. The smallest absolute Gasteiger partial charge is 0.0221 e. The number of nitrogens with one attached hydrogen (secondary N) is 1. The minimum absolute atomic E-state index is 0.282. The molecule has 17 heavy (non-hydrogen) atoms. The highest BCUT2D eigenvalue weighted by molar-refractivity contribution is 4.80. The van der Waals surface area contributed by atoms with Crippen LogP contribution in [0.5, 0.6) is 0 Å². The first kappa shape index (κ1) is 14.9. The first-order valence-electron chi connectivity index (χ1n) is 7.08. The first-order chi connectivity index (χ1) is 7.94. The molecule has 1 fully saturated rings. The molecule has 1 aliphatic rings. The van der Waals surface area contributed by atoms with Crippen LogP contribution in [0.3, 0.4) is 0 Å². The van der Waals surface area contributed by atoms with Gasteiger partial charge in [0.15, 0.2) is 0 Å². The van der Waals surface area contributed by atoms with E-state index in [1.165, 1.54) is 32.4 Å². The summed E-state index contributed by atoms with van der Waals surface area (Å²) in [5.41, 5.74) is 0.282. The fourth-order valence-electron chi connectivity index (χ4n) is 2.38. The molecule has 102 valence electrons. The van der Waals surface area contributed by atoms with E-state index in [1.54, 1.807) is 0 Å². The summed E-state index contributed by atoms with van der Waals surface area (Å²) in [7, 11) is 4.50. The van der Waals surface area contributed by atoms with E-state index in [2.05, 4.69) is 50.0 Å². The van der Waals surface area contributed by atoms with Crippen LogP contribution in [0.1, 0.15) is 40.0 Å². The van der Waals surface area contributed by atoms with Crippen molar-refractivity contribution in [3.63, 3.8) is 0 Å². The molecule has 0 aliphatic carbocycles. The molecule has 0 bridgehead atoms. The van der Waals surface area contributed by atoms with E-state index in [-0.39, 0.29) is 5.54 Å². The lowest BCUT2D eigenvalue weighted by Crippen LogP contribution is -2.48. The van der Waals surface area contributed by atoms with Crippen molar-refractivity contribution in [1.82, 2.24) is 15.1 Å². The summed E-state index contributed by atoms with van der Waals surface area (Å²) < 4.78 is 0. The highest BCUT2D eigenvalue weighted by atomic mass is 15.2. The number of likely N-dealkylation sites (tertiary alicyclic amines) is 1. The van der Waals surface area contributed by atoms with E-state index in [4.69, 9.17) is 0 Å². The van der Waals surface area contributed by atoms with Crippen molar-refractivity contribution in [2.75, 3.05) is 40.3 Å². The number of piperidine rings is 1. The van der Waals surface area contributed by atoms with Crippen molar-refractivity contribution in [2.24, 2.45) is 0 Å². The van der Waals surface area contributed by atoms with Crippen LogP contribution >= 0.6 is 0 Å². The summed E-state index contributed by atoms with van der Waals surface area (Å²) in [6.07, 6.45) is 3.89. The molecule has 3 heteroatoms. The lowest BCUT2D eigenvalue weighted by Gasteiger charge is -2.36. The van der Waals surface area contributed by atoms with Crippen LogP contribution in [0.25, 0.3) is 0 Å². The van der Waals surface area contributed by atoms with Gasteiger partial charge < -0.3 is 15.1 Å². The second kappa shape index (κ2) is 6.72. The van der Waals surface area contributed by atoms with Gasteiger partial charge in [-0.15, -0.1) is 0 Å². The average Bonchev–Trinajstić information content (AvgIpc) is 2.28. The Kier molecular flexibility index (Phi) is 5.90. The normalized spacial score (nSPS) is 23.3. The molecule has 0 aromatic carbocycles. The van der Waals surface area contributed by atoms with Crippen molar-refractivity contribution in [3.05, 3.63) is 0 Å². The van der Waals surface area contributed by atoms with Crippen LogP contribution in [0, 0.1) is 0 Å². The summed E-state index contributed by atoms with van der Waals surface area (Å²) >= 11 is 0. The van der Waals surface area contributed by atoms with Gasteiger partial charge >= 0.3 is 0 Å². The third kappa shape index (κ3) is 5.36. The molecule has 1 aliphatic heterocycles. The van der Waals surface area contributed by atoms with Gasteiger partial charge in [0.2, 0.25) is 0 Å². The van der Waals surface area contributed by atoms with Gasteiger partial charge in [-0.05, 0) is 53.8 Å². The van der Waals surface area contributed by atoms with E-state index in [9.17, 15) is 0 Å². The summed E-state index contributed by atoms with van der Waals surface area (Å²) in [6, 6.07) is 0.750. The predicted molar refractivity (Wildman–Crippen MR) is 75.5 cm³/mol. The summed E-state index contributed by atoms with van der Waals surface area (Å²) in [4.78, 5) is 4.97. The zero-order valence-electron chi connectivity index (χ0n) is 12.4. The van der Waals surface area contributed by atoms with Crippen LogP contribution in [0.4, 0.5) is 0 Å². The molecule has 1 unspecified atom stereocenters. The van der Waals surface area contributed by atoms with Crippen LogP contribution < -0.4 is 5.32 Å². The number of rotatable bonds is 6. The summed E-state index contributed by atoms with van der Waals surface area (Å²) in [6.45, 7) is 11.5.